The molecule has 0 aromatic heterocycles. The summed E-state index contributed by atoms with van der Waals surface area (Å²) in [4.78, 5) is 0. The Hall–Kier alpha value is -0.200. The number of aliphatic hydroxyl groups is 4. The first-order valence-electron chi connectivity index (χ1n) is 4.34. The second kappa shape index (κ2) is 14.3. The van der Waals surface area contributed by atoms with Gasteiger partial charge < -0.3 is 25.2 Å². The Labute approximate surface area is 78.6 Å². The molecular formula is C8H20O5. The van der Waals surface area contributed by atoms with Crippen LogP contribution in [0.2, 0.25) is 0 Å². The normalized spacial score (nSPS) is 9.69. The van der Waals surface area contributed by atoms with Crippen molar-refractivity contribution in [2.45, 2.75) is 26.1 Å². The fraction of sp³-hybridized carbons (Fsp3) is 1.00. The highest BCUT2D eigenvalue weighted by molar-refractivity contribution is 4.31. The average molecular weight is 196 g/mol. The van der Waals surface area contributed by atoms with Crippen molar-refractivity contribution < 1.29 is 25.2 Å². The molecule has 0 aliphatic heterocycles. The Morgan fingerprint density at radius 1 is 1.08 bits per heavy atom. The second-order valence-corrected chi connectivity index (χ2v) is 2.33. The van der Waals surface area contributed by atoms with Crippen molar-refractivity contribution in [2.75, 3.05) is 26.4 Å². The molecule has 5 nitrogen and oxygen atoms in total. The van der Waals surface area contributed by atoms with E-state index in [1.807, 2.05) is 6.92 Å². The highest BCUT2D eigenvalue weighted by atomic mass is 16.5. The van der Waals surface area contributed by atoms with Gasteiger partial charge in [0.2, 0.25) is 0 Å². The van der Waals surface area contributed by atoms with E-state index in [2.05, 4.69) is 4.74 Å². The van der Waals surface area contributed by atoms with Crippen molar-refractivity contribution >= 4 is 0 Å². The minimum Gasteiger partial charge on any atom is -0.394 e. The van der Waals surface area contributed by atoms with Gasteiger partial charge in [-0.1, -0.05) is 13.3 Å². The van der Waals surface area contributed by atoms with Gasteiger partial charge >= 0.3 is 0 Å². The molecular weight excluding hydrogens is 176 g/mol. The summed E-state index contributed by atoms with van der Waals surface area (Å²) in [6.45, 7) is 2.60. The van der Waals surface area contributed by atoms with Gasteiger partial charge in [0.15, 0.2) is 6.29 Å². The summed E-state index contributed by atoms with van der Waals surface area (Å²) < 4.78 is 4.63. The zero-order chi connectivity index (χ0) is 10.5. The Balaban J connectivity index is 0. The Bertz CT molecular complexity index is 72.9. The lowest BCUT2D eigenvalue weighted by Crippen LogP contribution is -2.03. The summed E-state index contributed by atoms with van der Waals surface area (Å²) in [5.74, 6) is 0. The third-order valence-corrected chi connectivity index (χ3v) is 1.02. The van der Waals surface area contributed by atoms with Gasteiger partial charge in [0.1, 0.15) is 0 Å². The summed E-state index contributed by atoms with van der Waals surface area (Å²) in [5.41, 5.74) is 0. The Kier molecular flexibility index (Phi) is 16.8. The van der Waals surface area contributed by atoms with Crippen LogP contribution in [0, 0.1) is 0 Å². The molecule has 82 valence electrons. The van der Waals surface area contributed by atoms with Crippen molar-refractivity contribution in [3.05, 3.63) is 0 Å². The van der Waals surface area contributed by atoms with E-state index >= 15 is 0 Å². The molecule has 0 aromatic rings. The Morgan fingerprint density at radius 3 is 1.69 bits per heavy atom. The molecule has 0 saturated heterocycles. The molecule has 0 radical (unpaired) electrons. The second-order valence-electron chi connectivity index (χ2n) is 2.33. The van der Waals surface area contributed by atoms with Gasteiger partial charge in [-0.15, -0.1) is 0 Å². The lowest BCUT2D eigenvalue weighted by molar-refractivity contribution is -0.0453. The average Bonchev–Trinajstić information content (AvgIpc) is 2.06. The van der Waals surface area contributed by atoms with Crippen molar-refractivity contribution in [1.29, 1.82) is 0 Å². The number of aliphatic hydroxyl groups excluding tert-OH is 3. The fourth-order valence-electron chi connectivity index (χ4n) is 0.489. The maximum Gasteiger partial charge on any atom is 0.151 e. The predicted molar refractivity (Wildman–Crippen MR) is 48.1 cm³/mol. The maximum absolute atomic E-state index is 8.11. The predicted octanol–water partition coefficient (Wildman–Crippen LogP) is -0.915. The molecule has 0 amide bonds. The quantitative estimate of drug-likeness (QED) is 0.326. The lowest BCUT2D eigenvalue weighted by atomic mass is 10.3. The van der Waals surface area contributed by atoms with E-state index < -0.39 is 6.29 Å². The van der Waals surface area contributed by atoms with Gasteiger partial charge in [-0.2, -0.15) is 0 Å². The summed E-state index contributed by atoms with van der Waals surface area (Å²) in [5, 5.41) is 32.4. The van der Waals surface area contributed by atoms with Gasteiger partial charge in [0.25, 0.3) is 0 Å². The summed E-state index contributed by atoms with van der Waals surface area (Å²) in [6.07, 6.45) is 0.215. The largest absolute Gasteiger partial charge is 0.394 e. The van der Waals surface area contributed by atoms with Crippen molar-refractivity contribution in [2.24, 2.45) is 0 Å². The van der Waals surface area contributed by atoms with E-state index in [9.17, 15) is 0 Å². The Morgan fingerprint density at radius 2 is 1.54 bits per heavy atom. The number of hydrogen-bond donors (Lipinski definition) is 4. The van der Waals surface area contributed by atoms with E-state index in [1.165, 1.54) is 0 Å². The summed E-state index contributed by atoms with van der Waals surface area (Å²) in [7, 11) is 0. The fourth-order valence-corrected chi connectivity index (χ4v) is 0.489. The van der Waals surface area contributed by atoms with Crippen molar-refractivity contribution in [3.8, 4) is 0 Å². The molecule has 13 heavy (non-hydrogen) atoms. The maximum atomic E-state index is 8.11. The monoisotopic (exact) mass is 196 g/mol. The minimum absolute atomic E-state index is 0.0278. The topological polar surface area (TPSA) is 90.2 Å². The van der Waals surface area contributed by atoms with Gasteiger partial charge in [-0.05, 0) is 6.42 Å². The van der Waals surface area contributed by atoms with Crippen LogP contribution in [0.3, 0.4) is 0 Å². The molecule has 0 aliphatic rings. The van der Waals surface area contributed by atoms with Crippen LogP contribution in [0.5, 0.6) is 0 Å². The van der Waals surface area contributed by atoms with E-state index in [0.29, 0.717) is 19.6 Å². The van der Waals surface area contributed by atoms with Gasteiger partial charge in [-0.25, -0.2) is 0 Å². The molecule has 0 spiro atoms. The first-order chi connectivity index (χ1) is 6.18. The lowest BCUT2D eigenvalue weighted by Gasteiger charge is -1.94. The van der Waals surface area contributed by atoms with Crippen LogP contribution in [0.15, 0.2) is 0 Å². The smallest absolute Gasteiger partial charge is 0.151 e. The molecule has 5 heteroatoms. The van der Waals surface area contributed by atoms with Gasteiger partial charge in [0.05, 0.1) is 26.4 Å². The number of rotatable bonds is 6. The van der Waals surface area contributed by atoms with Crippen LogP contribution < -0.4 is 0 Å². The molecule has 0 rings (SSSR count). The van der Waals surface area contributed by atoms with Crippen LogP contribution in [-0.2, 0) is 4.74 Å². The van der Waals surface area contributed by atoms with Crippen LogP contribution in [0.1, 0.15) is 19.8 Å². The third-order valence-electron chi connectivity index (χ3n) is 1.02. The van der Waals surface area contributed by atoms with E-state index in [1.54, 1.807) is 0 Å². The van der Waals surface area contributed by atoms with Crippen LogP contribution >= 0.6 is 0 Å². The molecule has 0 saturated carbocycles. The molecule has 0 atom stereocenters. The van der Waals surface area contributed by atoms with Gasteiger partial charge in [0, 0.05) is 0 Å². The minimum atomic E-state index is -1.10. The molecule has 0 bridgehead atoms. The highest BCUT2D eigenvalue weighted by Gasteiger charge is 1.89. The summed E-state index contributed by atoms with van der Waals surface area (Å²) >= 11 is 0. The molecule has 0 aliphatic carbocycles. The zero-order valence-corrected chi connectivity index (χ0v) is 8.02. The molecule has 4 N–H and O–H groups in total. The number of hydrogen-bond acceptors (Lipinski definition) is 5. The van der Waals surface area contributed by atoms with Crippen LogP contribution in [0.4, 0.5) is 0 Å². The van der Waals surface area contributed by atoms with E-state index in [-0.39, 0.29) is 13.2 Å². The SMILES string of the molecule is CCCC(O)O.OCCOCCO. The van der Waals surface area contributed by atoms with E-state index in [0.717, 1.165) is 6.42 Å². The highest BCUT2D eigenvalue weighted by Crippen LogP contribution is 1.88. The molecule has 0 fully saturated rings. The van der Waals surface area contributed by atoms with Crippen molar-refractivity contribution in [1.82, 2.24) is 0 Å². The first kappa shape index (κ1) is 15.3. The van der Waals surface area contributed by atoms with Gasteiger partial charge in [-0.3, -0.25) is 0 Å². The summed E-state index contributed by atoms with van der Waals surface area (Å²) in [6, 6.07) is 0. The molecule has 0 heterocycles. The molecule has 0 unspecified atom stereocenters. The zero-order valence-electron chi connectivity index (χ0n) is 8.02. The van der Waals surface area contributed by atoms with Crippen molar-refractivity contribution in [3.63, 3.8) is 0 Å². The number of ether oxygens (including phenoxy) is 1. The molecule has 0 aromatic carbocycles. The van der Waals surface area contributed by atoms with E-state index in [4.69, 9.17) is 20.4 Å². The van der Waals surface area contributed by atoms with Crippen LogP contribution in [0.25, 0.3) is 0 Å². The standard InChI is InChI=1S/C4H10O3.C4H10O2/c5-1-3-7-4-2-6;1-2-3-4(5)6/h5-6H,1-4H2;4-6H,2-3H2,1H3. The first-order valence-corrected chi connectivity index (χ1v) is 4.34. The third kappa shape index (κ3) is 24.5. The van der Waals surface area contributed by atoms with Crippen LogP contribution in [-0.4, -0.2) is 53.1 Å².